The molecule has 0 unspecified atom stereocenters. The molecule has 0 spiro atoms. The van der Waals surface area contributed by atoms with Crippen molar-refractivity contribution in [2.24, 2.45) is 0 Å². The first-order valence-electron chi connectivity index (χ1n) is 8.53. The maximum atomic E-state index is 12.2. The Morgan fingerprint density at radius 1 is 1.25 bits per heavy atom. The van der Waals surface area contributed by atoms with Gasteiger partial charge in [-0.25, -0.2) is 4.98 Å². The fourth-order valence-corrected chi connectivity index (χ4v) is 2.88. The molecule has 3 rings (SSSR count). The fraction of sp³-hybridized carbons (Fsp3) is 0.150. The van der Waals surface area contributed by atoms with Gasteiger partial charge >= 0.3 is 0 Å². The summed E-state index contributed by atoms with van der Waals surface area (Å²) in [6, 6.07) is 11.9. The molecule has 0 atom stereocenters. The summed E-state index contributed by atoms with van der Waals surface area (Å²) in [6.45, 7) is 2.36. The second-order valence-electron chi connectivity index (χ2n) is 5.88. The number of rotatable bonds is 6. The Balaban J connectivity index is 1.78. The van der Waals surface area contributed by atoms with Gasteiger partial charge in [0.15, 0.2) is 12.4 Å². The summed E-state index contributed by atoms with van der Waals surface area (Å²) in [4.78, 5) is 30.7. The van der Waals surface area contributed by atoms with Crippen LogP contribution < -0.4 is 15.6 Å². The molecule has 0 aliphatic rings. The molecular formula is C20H17Cl2N3O3. The third-order valence-corrected chi connectivity index (χ3v) is 4.33. The van der Waals surface area contributed by atoms with Crippen LogP contribution >= 0.6 is 23.2 Å². The Bertz CT molecular complexity index is 1090. The van der Waals surface area contributed by atoms with Crippen molar-refractivity contribution in [3.05, 3.63) is 69.2 Å². The monoisotopic (exact) mass is 417 g/mol. The molecule has 0 bridgehead atoms. The second-order valence-corrected chi connectivity index (χ2v) is 6.72. The number of aromatic nitrogens is 2. The molecular weight excluding hydrogens is 401 g/mol. The van der Waals surface area contributed by atoms with Gasteiger partial charge in [0.05, 0.1) is 15.9 Å². The molecule has 0 aliphatic heterocycles. The van der Waals surface area contributed by atoms with Crippen molar-refractivity contribution in [1.29, 1.82) is 0 Å². The molecule has 6 nitrogen and oxygen atoms in total. The number of carbonyl (C=O) groups is 1. The van der Waals surface area contributed by atoms with Crippen LogP contribution in [0.1, 0.15) is 18.3 Å². The zero-order valence-corrected chi connectivity index (χ0v) is 16.5. The zero-order chi connectivity index (χ0) is 20.1. The van der Waals surface area contributed by atoms with Gasteiger partial charge in [-0.15, -0.1) is 0 Å². The van der Waals surface area contributed by atoms with Crippen molar-refractivity contribution in [3.63, 3.8) is 0 Å². The van der Waals surface area contributed by atoms with Gasteiger partial charge in [-0.3, -0.25) is 9.59 Å². The Kier molecular flexibility index (Phi) is 6.34. The fourth-order valence-electron chi connectivity index (χ4n) is 2.50. The molecule has 8 heteroatoms. The van der Waals surface area contributed by atoms with E-state index in [0.717, 1.165) is 5.56 Å². The third kappa shape index (κ3) is 4.91. The number of likely N-dealkylation sites (N-methyl/N-ethyl adjacent to an activating group) is 1. The molecule has 1 aromatic heterocycles. The van der Waals surface area contributed by atoms with Crippen LogP contribution in [0.3, 0.4) is 0 Å². The summed E-state index contributed by atoms with van der Waals surface area (Å²) in [5, 5.41) is 3.80. The lowest BCUT2D eigenvalue weighted by Gasteiger charge is -2.06. The van der Waals surface area contributed by atoms with Crippen molar-refractivity contribution in [2.45, 2.75) is 6.92 Å². The molecule has 0 radical (unpaired) electrons. The summed E-state index contributed by atoms with van der Waals surface area (Å²) in [5.41, 5.74) is 0.973. The van der Waals surface area contributed by atoms with E-state index in [4.69, 9.17) is 27.9 Å². The van der Waals surface area contributed by atoms with E-state index in [9.17, 15) is 9.59 Å². The summed E-state index contributed by atoms with van der Waals surface area (Å²) >= 11 is 12.3. The van der Waals surface area contributed by atoms with Crippen LogP contribution in [0.15, 0.2) is 47.3 Å². The van der Waals surface area contributed by atoms with Gasteiger partial charge < -0.3 is 15.0 Å². The van der Waals surface area contributed by atoms with Crippen LogP contribution in [0.2, 0.25) is 5.02 Å². The van der Waals surface area contributed by atoms with Gasteiger partial charge in [0.1, 0.15) is 5.75 Å². The molecule has 0 fully saturated rings. The van der Waals surface area contributed by atoms with Gasteiger partial charge in [0, 0.05) is 11.6 Å². The van der Waals surface area contributed by atoms with Crippen molar-refractivity contribution in [3.8, 4) is 5.75 Å². The van der Waals surface area contributed by atoms with Gasteiger partial charge in [0.25, 0.3) is 11.5 Å². The van der Waals surface area contributed by atoms with E-state index in [1.165, 1.54) is 0 Å². The first kappa shape index (κ1) is 19.9. The molecule has 1 amide bonds. The van der Waals surface area contributed by atoms with E-state index in [0.29, 0.717) is 28.2 Å². The molecule has 28 heavy (non-hydrogen) atoms. The summed E-state index contributed by atoms with van der Waals surface area (Å²) < 4.78 is 5.40. The SMILES string of the molecule is CCNC(=O)COc1ccc(/C=C(\Cl)c2nc3ccc(Cl)cc3c(=O)[nH]2)cc1. The highest BCUT2D eigenvalue weighted by Gasteiger charge is 2.08. The molecule has 2 aromatic carbocycles. The molecule has 0 saturated heterocycles. The minimum Gasteiger partial charge on any atom is -0.484 e. The number of hydrogen-bond acceptors (Lipinski definition) is 4. The predicted octanol–water partition coefficient (Wildman–Crippen LogP) is 3.83. The number of amides is 1. The van der Waals surface area contributed by atoms with Crippen molar-refractivity contribution in [2.75, 3.05) is 13.2 Å². The van der Waals surface area contributed by atoms with Crippen LogP contribution in [-0.2, 0) is 4.79 Å². The normalized spacial score (nSPS) is 11.5. The van der Waals surface area contributed by atoms with E-state index in [2.05, 4.69) is 15.3 Å². The largest absolute Gasteiger partial charge is 0.484 e. The van der Waals surface area contributed by atoms with E-state index in [1.807, 2.05) is 6.92 Å². The minimum atomic E-state index is -0.317. The number of nitrogens with one attached hydrogen (secondary N) is 2. The maximum Gasteiger partial charge on any atom is 0.259 e. The highest BCUT2D eigenvalue weighted by Crippen LogP contribution is 2.22. The van der Waals surface area contributed by atoms with Gasteiger partial charge in [0.2, 0.25) is 0 Å². The molecule has 2 N–H and O–H groups in total. The summed E-state index contributed by atoms with van der Waals surface area (Å²) in [6.07, 6.45) is 1.68. The maximum absolute atomic E-state index is 12.2. The number of fused-ring (bicyclic) bond motifs is 1. The smallest absolute Gasteiger partial charge is 0.259 e. The lowest BCUT2D eigenvalue weighted by Crippen LogP contribution is -2.28. The van der Waals surface area contributed by atoms with Crippen molar-refractivity contribution < 1.29 is 9.53 Å². The predicted molar refractivity (Wildman–Crippen MR) is 112 cm³/mol. The number of halogens is 2. The average molecular weight is 418 g/mol. The topological polar surface area (TPSA) is 84.1 Å². The van der Waals surface area contributed by atoms with Gasteiger partial charge in [-0.1, -0.05) is 35.3 Å². The standard InChI is InChI=1S/C20H17Cl2N3O3/c1-2-23-18(26)11-28-14-6-3-12(4-7-14)9-16(22)19-24-17-8-5-13(21)10-15(17)20(27)25-19/h3-10H,2,11H2,1H3,(H,23,26)(H,24,25,27)/b16-9-. The first-order valence-corrected chi connectivity index (χ1v) is 9.28. The number of benzene rings is 2. The molecule has 0 aliphatic carbocycles. The van der Waals surface area contributed by atoms with E-state index < -0.39 is 0 Å². The van der Waals surface area contributed by atoms with Crippen LogP contribution in [0.5, 0.6) is 5.75 Å². The van der Waals surface area contributed by atoms with Crippen LogP contribution in [0.4, 0.5) is 0 Å². The second kappa shape index (κ2) is 8.91. The Morgan fingerprint density at radius 2 is 2.00 bits per heavy atom. The van der Waals surface area contributed by atoms with Crippen LogP contribution in [0, 0.1) is 0 Å². The van der Waals surface area contributed by atoms with E-state index in [1.54, 1.807) is 48.5 Å². The quantitative estimate of drug-likeness (QED) is 0.638. The Hall–Kier alpha value is -2.83. The highest BCUT2D eigenvalue weighted by atomic mass is 35.5. The lowest BCUT2D eigenvalue weighted by atomic mass is 10.2. The van der Waals surface area contributed by atoms with Crippen molar-refractivity contribution in [1.82, 2.24) is 15.3 Å². The first-order chi connectivity index (χ1) is 13.5. The lowest BCUT2D eigenvalue weighted by molar-refractivity contribution is -0.122. The Morgan fingerprint density at radius 3 is 2.71 bits per heavy atom. The third-order valence-electron chi connectivity index (χ3n) is 3.81. The molecule has 144 valence electrons. The number of ether oxygens (including phenoxy) is 1. The number of aromatic amines is 1. The van der Waals surface area contributed by atoms with Crippen LogP contribution in [0.25, 0.3) is 22.0 Å². The van der Waals surface area contributed by atoms with Gasteiger partial charge in [-0.05, 0) is 48.9 Å². The Labute approximate surface area is 171 Å². The number of H-pyrrole nitrogens is 1. The average Bonchev–Trinajstić information content (AvgIpc) is 2.68. The zero-order valence-electron chi connectivity index (χ0n) is 15.0. The summed E-state index contributed by atoms with van der Waals surface area (Å²) in [7, 11) is 0. The molecule has 0 saturated carbocycles. The number of hydrogen-bond donors (Lipinski definition) is 2. The summed E-state index contributed by atoms with van der Waals surface area (Å²) in [5.74, 6) is 0.647. The van der Waals surface area contributed by atoms with E-state index >= 15 is 0 Å². The molecule has 1 heterocycles. The highest BCUT2D eigenvalue weighted by molar-refractivity contribution is 6.50. The van der Waals surface area contributed by atoms with Gasteiger partial charge in [-0.2, -0.15) is 0 Å². The van der Waals surface area contributed by atoms with E-state index in [-0.39, 0.29) is 28.9 Å². The number of nitrogens with zero attached hydrogens (tertiary/aromatic N) is 1. The minimum absolute atomic E-state index is 0.0456. The van der Waals surface area contributed by atoms with Crippen molar-refractivity contribution >= 4 is 51.1 Å². The number of carbonyl (C=O) groups excluding carboxylic acids is 1. The van der Waals surface area contributed by atoms with Crippen LogP contribution in [-0.4, -0.2) is 29.0 Å². The molecule has 3 aromatic rings.